The summed E-state index contributed by atoms with van der Waals surface area (Å²) in [6.45, 7) is 9.87. The molecule has 0 unspecified atom stereocenters. The van der Waals surface area contributed by atoms with Crippen LogP contribution in [0, 0.1) is 0 Å². The Kier molecular flexibility index (Phi) is 6.75. The number of nitrogens with one attached hydrogen (secondary N) is 1. The van der Waals surface area contributed by atoms with Gasteiger partial charge in [-0.3, -0.25) is 4.79 Å². The van der Waals surface area contributed by atoms with Crippen LogP contribution in [0.25, 0.3) is 11.0 Å². The molecule has 0 aliphatic carbocycles. The van der Waals surface area contributed by atoms with Crippen molar-refractivity contribution >= 4 is 16.8 Å². The number of fused-ring (bicyclic) bond motifs is 1. The van der Waals surface area contributed by atoms with Crippen molar-refractivity contribution in [1.29, 1.82) is 0 Å². The molecule has 1 heterocycles. The Hall–Kier alpha value is -2.59. The van der Waals surface area contributed by atoms with E-state index in [0.29, 0.717) is 17.7 Å². The molecular formula is C25H31NO3. The molecule has 2 aromatic carbocycles. The van der Waals surface area contributed by atoms with E-state index in [1.807, 2.05) is 48.5 Å². The second kappa shape index (κ2) is 9.27. The van der Waals surface area contributed by atoms with E-state index in [1.165, 1.54) is 0 Å². The molecule has 0 atom stereocenters. The maximum Gasteiger partial charge on any atom is 0.197 e. The highest BCUT2D eigenvalue weighted by molar-refractivity contribution is 6.16. The maximum absolute atomic E-state index is 13.3. The van der Waals surface area contributed by atoms with Gasteiger partial charge in [-0.2, -0.15) is 0 Å². The Morgan fingerprint density at radius 1 is 1.07 bits per heavy atom. The molecule has 0 aliphatic rings. The number of furan rings is 1. The molecule has 0 saturated carbocycles. The maximum atomic E-state index is 13.3. The predicted octanol–water partition coefficient (Wildman–Crippen LogP) is 5.77. The molecular weight excluding hydrogens is 362 g/mol. The minimum Gasteiger partial charge on any atom is -0.492 e. The zero-order valence-electron chi connectivity index (χ0n) is 17.9. The number of ketones is 1. The van der Waals surface area contributed by atoms with Crippen LogP contribution in [0.1, 0.15) is 62.2 Å². The van der Waals surface area contributed by atoms with E-state index in [1.54, 1.807) is 0 Å². The van der Waals surface area contributed by atoms with Gasteiger partial charge in [0.15, 0.2) is 5.78 Å². The van der Waals surface area contributed by atoms with Gasteiger partial charge in [0, 0.05) is 29.5 Å². The van der Waals surface area contributed by atoms with E-state index in [9.17, 15) is 4.79 Å². The van der Waals surface area contributed by atoms with E-state index in [2.05, 4.69) is 33.0 Å². The van der Waals surface area contributed by atoms with Crippen molar-refractivity contribution in [2.75, 3.05) is 13.2 Å². The van der Waals surface area contributed by atoms with Crippen LogP contribution in [0.4, 0.5) is 0 Å². The smallest absolute Gasteiger partial charge is 0.197 e. The Balaban J connectivity index is 1.75. The van der Waals surface area contributed by atoms with Crippen molar-refractivity contribution in [2.24, 2.45) is 0 Å². The lowest BCUT2D eigenvalue weighted by molar-refractivity contribution is 0.103. The summed E-state index contributed by atoms with van der Waals surface area (Å²) in [5, 5.41) is 4.28. The van der Waals surface area contributed by atoms with Gasteiger partial charge < -0.3 is 14.5 Å². The molecule has 154 valence electrons. The summed E-state index contributed by atoms with van der Waals surface area (Å²) in [4.78, 5) is 13.3. The summed E-state index contributed by atoms with van der Waals surface area (Å²) < 4.78 is 11.8. The van der Waals surface area contributed by atoms with Gasteiger partial charge in [0.25, 0.3) is 0 Å². The van der Waals surface area contributed by atoms with Crippen molar-refractivity contribution in [3.05, 3.63) is 65.4 Å². The average Bonchev–Trinajstić information content (AvgIpc) is 3.07. The minimum absolute atomic E-state index is 0.00185. The lowest BCUT2D eigenvalue weighted by atomic mass is 9.98. The number of carbonyl (C=O) groups excluding carboxylic acids is 1. The first kappa shape index (κ1) is 21.1. The summed E-state index contributed by atoms with van der Waals surface area (Å²) in [6.07, 6.45) is 2.82. The van der Waals surface area contributed by atoms with Gasteiger partial charge in [-0.15, -0.1) is 0 Å². The number of aryl methyl sites for hydroxylation is 1. The Bertz CT molecular complexity index is 948. The highest BCUT2D eigenvalue weighted by Gasteiger charge is 2.21. The highest BCUT2D eigenvalue weighted by atomic mass is 16.5. The highest BCUT2D eigenvalue weighted by Crippen LogP contribution is 2.29. The fourth-order valence-electron chi connectivity index (χ4n) is 3.30. The van der Waals surface area contributed by atoms with Crippen LogP contribution in [0.5, 0.6) is 5.75 Å². The van der Waals surface area contributed by atoms with Gasteiger partial charge in [0.1, 0.15) is 23.7 Å². The number of rotatable bonds is 9. The van der Waals surface area contributed by atoms with Gasteiger partial charge in [-0.1, -0.05) is 31.5 Å². The Morgan fingerprint density at radius 2 is 1.79 bits per heavy atom. The SMILES string of the molecule is CCCCc1oc2ccccc2c1C(=O)c1ccc(OCCNC(C)(C)C)cc1. The quantitative estimate of drug-likeness (QED) is 0.370. The number of hydrogen-bond donors (Lipinski definition) is 1. The van der Waals surface area contributed by atoms with E-state index in [4.69, 9.17) is 9.15 Å². The molecule has 4 nitrogen and oxygen atoms in total. The molecule has 1 aromatic heterocycles. The molecule has 0 bridgehead atoms. The molecule has 0 radical (unpaired) electrons. The molecule has 0 fully saturated rings. The second-order valence-electron chi connectivity index (χ2n) is 8.38. The Labute approximate surface area is 173 Å². The molecule has 4 heteroatoms. The van der Waals surface area contributed by atoms with Gasteiger partial charge >= 0.3 is 0 Å². The molecule has 3 aromatic rings. The van der Waals surface area contributed by atoms with Crippen LogP contribution in [0.2, 0.25) is 0 Å². The third kappa shape index (κ3) is 5.48. The number of hydrogen-bond acceptors (Lipinski definition) is 4. The molecule has 3 rings (SSSR count). The van der Waals surface area contributed by atoms with Crippen molar-refractivity contribution in [3.8, 4) is 5.75 Å². The third-order valence-corrected chi connectivity index (χ3v) is 4.80. The van der Waals surface area contributed by atoms with Crippen LogP contribution < -0.4 is 10.1 Å². The van der Waals surface area contributed by atoms with Gasteiger partial charge in [-0.25, -0.2) is 0 Å². The van der Waals surface area contributed by atoms with Crippen LogP contribution in [-0.4, -0.2) is 24.5 Å². The lowest BCUT2D eigenvalue weighted by Gasteiger charge is -2.20. The molecule has 0 aliphatic heterocycles. The first-order chi connectivity index (χ1) is 13.9. The average molecular weight is 394 g/mol. The van der Waals surface area contributed by atoms with Gasteiger partial charge in [-0.05, 0) is 57.5 Å². The zero-order valence-corrected chi connectivity index (χ0v) is 17.9. The number of ether oxygens (including phenoxy) is 1. The van der Waals surface area contributed by atoms with Crippen molar-refractivity contribution < 1.29 is 13.9 Å². The number of unbranched alkanes of at least 4 members (excludes halogenated alkanes) is 1. The predicted molar refractivity (Wildman–Crippen MR) is 118 cm³/mol. The monoisotopic (exact) mass is 393 g/mol. The van der Waals surface area contributed by atoms with Crippen LogP contribution in [-0.2, 0) is 6.42 Å². The lowest BCUT2D eigenvalue weighted by Crippen LogP contribution is -2.38. The van der Waals surface area contributed by atoms with Crippen molar-refractivity contribution in [2.45, 2.75) is 52.5 Å². The van der Waals surface area contributed by atoms with Crippen LogP contribution in [0.3, 0.4) is 0 Å². The summed E-state index contributed by atoms with van der Waals surface area (Å²) in [5.74, 6) is 1.55. The normalized spacial score (nSPS) is 11.7. The molecule has 0 spiro atoms. The first-order valence-electron chi connectivity index (χ1n) is 10.4. The molecule has 1 N–H and O–H groups in total. The Morgan fingerprint density at radius 3 is 2.48 bits per heavy atom. The molecule has 29 heavy (non-hydrogen) atoms. The van der Waals surface area contributed by atoms with E-state index < -0.39 is 0 Å². The third-order valence-electron chi connectivity index (χ3n) is 4.80. The standard InChI is InChI=1S/C25H31NO3/c1-5-6-10-22-23(20-9-7-8-11-21(20)29-22)24(27)18-12-14-19(15-13-18)28-17-16-26-25(2,3)4/h7-9,11-15,26H,5-6,10,16-17H2,1-4H3. The molecule has 0 saturated heterocycles. The zero-order chi connectivity index (χ0) is 20.9. The summed E-state index contributed by atoms with van der Waals surface area (Å²) in [6, 6.07) is 15.1. The van der Waals surface area contributed by atoms with Gasteiger partial charge in [0.05, 0.1) is 5.56 Å². The number of carbonyl (C=O) groups is 1. The van der Waals surface area contributed by atoms with Crippen LogP contribution >= 0.6 is 0 Å². The summed E-state index contributed by atoms with van der Waals surface area (Å²) in [5.41, 5.74) is 2.18. The van der Waals surface area contributed by atoms with Crippen molar-refractivity contribution in [1.82, 2.24) is 5.32 Å². The van der Waals surface area contributed by atoms with Crippen LogP contribution in [0.15, 0.2) is 52.9 Å². The summed E-state index contributed by atoms with van der Waals surface area (Å²) >= 11 is 0. The molecule has 0 amide bonds. The minimum atomic E-state index is 0.00185. The number of benzene rings is 2. The van der Waals surface area contributed by atoms with Crippen molar-refractivity contribution in [3.63, 3.8) is 0 Å². The first-order valence-corrected chi connectivity index (χ1v) is 10.4. The fraction of sp³-hybridized carbons (Fsp3) is 0.400. The van der Waals surface area contributed by atoms with E-state index >= 15 is 0 Å². The van der Waals surface area contributed by atoms with Gasteiger partial charge in [0.2, 0.25) is 0 Å². The topological polar surface area (TPSA) is 51.5 Å². The summed E-state index contributed by atoms with van der Waals surface area (Å²) in [7, 11) is 0. The number of para-hydroxylation sites is 1. The largest absolute Gasteiger partial charge is 0.492 e. The van der Waals surface area contributed by atoms with E-state index in [0.717, 1.165) is 48.3 Å². The van der Waals surface area contributed by atoms with E-state index in [-0.39, 0.29) is 11.3 Å². The fourth-order valence-corrected chi connectivity index (χ4v) is 3.30. The second-order valence-corrected chi connectivity index (χ2v) is 8.38.